The predicted molar refractivity (Wildman–Crippen MR) is 86.6 cm³/mol. The predicted octanol–water partition coefficient (Wildman–Crippen LogP) is 4.56. The van der Waals surface area contributed by atoms with Crippen LogP contribution in [0.25, 0.3) is 0 Å². The third-order valence-corrected chi connectivity index (χ3v) is 4.29. The van der Waals surface area contributed by atoms with Crippen LogP contribution in [0.2, 0.25) is 0 Å². The molecule has 1 N–H and O–H groups in total. The number of aryl methyl sites for hydroxylation is 1. The van der Waals surface area contributed by atoms with Gasteiger partial charge in [0.1, 0.15) is 11.4 Å². The Morgan fingerprint density at radius 2 is 1.71 bits per heavy atom. The van der Waals surface area contributed by atoms with Crippen LogP contribution in [0, 0.1) is 6.92 Å². The van der Waals surface area contributed by atoms with Gasteiger partial charge in [-0.1, -0.05) is 48.0 Å². The number of fused-ring (bicyclic) bond motifs is 1. The maximum Gasteiger partial charge on any atom is 0.125 e. The first kappa shape index (κ1) is 14.2. The van der Waals surface area contributed by atoms with E-state index in [0.29, 0.717) is 0 Å². The Hall–Kier alpha value is -1.80. The van der Waals surface area contributed by atoms with Gasteiger partial charge in [-0.3, -0.25) is 5.32 Å². The summed E-state index contributed by atoms with van der Waals surface area (Å²) >= 11 is 0. The smallest absolute Gasteiger partial charge is 0.125 e. The van der Waals surface area contributed by atoms with Gasteiger partial charge in [0.05, 0.1) is 6.04 Å². The molecule has 1 aliphatic rings. The topological polar surface area (TPSA) is 21.3 Å². The first-order valence-corrected chi connectivity index (χ1v) is 7.58. The van der Waals surface area contributed by atoms with Crippen LogP contribution in [-0.2, 0) is 0 Å². The Labute approximate surface area is 127 Å². The molecule has 2 atom stereocenters. The highest BCUT2D eigenvalue weighted by atomic mass is 16.5. The van der Waals surface area contributed by atoms with Gasteiger partial charge in [0.2, 0.25) is 0 Å². The molecule has 0 radical (unpaired) electrons. The number of benzene rings is 2. The molecule has 2 aromatic carbocycles. The van der Waals surface area contributed by atoms with E-state index >= 15 is 0 Å². The summed E-state index contributed by atoms with van der Waals surface area (Å²) in [6, 6.07) is 17.5. The monoisotopic (exact) mass is 281 g/mol. The molecule has 0 saturated carbocycles. The normalized spacial score (nSPS) is 20.7. The Morgan fingerprint density at radius 3 is 2.43 bits per heavy atom. The molecular weight excluding hydrogens is 258 g/mol. The van der Waals surface area contributed by atoms with E-state index in [0.717, 1.165) is 5.75 Å². The third-order valence-electron chi connectivity index (χ3n) is 4.29. The quantitative estimate of drug-likeness (QED) is 0.890. The fraction of sp³-hybridized carbons (Fsp3) is 0.368. The molecule has 3 rings (SSSR count). The minimum atomic E-state index is -0.233. The van der Waals surface area contributed by atoms with Crippen molar-refractivity contribution in [3.63, 3.8) is 0 Å². The molecule has 110 valence electrons. The van der Waals surface area contributed by atoms with Crippen molar-refractivity contribution in [1.29, 1.82) is 0 Å². The summed E-state index contributed by atoms with van der Waals surface area (Å²) in [7, 11) is 0. The summed E-state index contributed by atoms with van der Waals surface area (Å²) in [6.07, 6.45) is 0. The van der Waals surface area contributed by atoms with Gasteiger partial charge in [-0.15, -0.1) is 0 Å². The van der Waals surface area contributed by atoms with Crippen LogP contribution in [0.3, 0.4) is 0 Å². The molecule has 0 amide bonds. The van der Waals surface area contributed by atoms with Crippen molar-refractivity contribution in [2.24, 2.45) is 0 Å². The summed E-state index contributed by atoms with van der Waals surface area (Å²) in [5.41, 5.74) is 3.62. The molecule has 0 bridgehead atoms. The minimum Gasteiger partial charge on any atom is -0.486 e. The molecule has 2 aromatic rings. The van der Waals surface area contributed by atoms with Crippen molar-refractivity contribution in [2.75, 3.05) is 0 Å². The van der Waals surface area contributed by atoms with E-state index < -0.39 is 0 Å². The van der Waals surface area contributed by atoms with Gasteiger partial charge in [-0.05, 0) is 39.3 Å². The Bertz CT molecular complexity index is 630. The summed E-state index contributed by atoms with van der Waals surface area (Å²) in [5, 5.41) is 3.74. The zero-order valence-electron chi connectivity index (χ0n) is 13.2. The van der Waals surface area contributed by atoms with Crippen LogP contribution in [0.5, 0.6) is 5.75 Å². The minimum absolute atomic E-state index is 0.199. The summed E-state index contributed by atoms with van der Waals surface area (Å²) in [5.74, 6) is 0.996. The SMILES string of the molecule is Cc1ccc(C(C)NC2c3ccccc3OC2(C)C)cc1. The maximum atomic E-state index is 6.10. The van der Waals surface area contributed by atoms with E-state index in [2.05, 4.69) is 75.5 Å². The molecule has 2 nitrogen and oxygen atoms in total. The van der Waals surface area contributed by atoms with Gasteiger partial charge in [0.15, 0.2) is 0 Å². The lowest BCUT2D eigenvalue weighted by molar-refractivity contribution is 0.0919. The van der Waals surface area contributed by atoms with Gasteiger partial charge in [-0.25, -0.2) is 0 Å². The standard InChI is InChI=1S/C19H23NO/c1-13-9-11-15(12-10-13)14(2)20-18-16-7-5-6-8-17(16)21-19(18,3)4/h5-12,14,18,20H,1-4H3. The van der Waals surface area contributed by atoms with E-state index in [9.17, 15) is 0 Å². The average molecular weight is 281 g/mol. The van der Waals surface area contributed by atoms with E-state index in [1.807, 2.05) is 6.07 Å². The zero-order valence-corrected chi connectivity index (χ0v) is 13.2. The second-order valence-corrected chi connectivity index (χ2v) is 6.48. The summed E-state index contributed by atoms with van der Waals surface area (Å²) in [6.45, 7) is 8.62. The fourth-order valence-corrected chi connectivity index (χ4v) is 3.02. The average Bonchev–Trinajstić information content (AvgIpc) is 2.70. The van der Waals surface area contributed by atoms with E-state index in [1.54, 1.807) is 0 Å². The van der Waals surface area contributed by atoms with Crippen molar-refractivity contribution in [3.05, 3.63) is 65.2 Å². The van der Waals surface area contributed by atoms with Gasteiger partial charge < -0.3 is 4.74 Å². The molecule has 0 aromatic heterocycles. The van der Waals surface area contributed by atoms with Crippen molar-refractivity contribution in [2.45, 2.75) is 45.4 Å². The molecule has 2 heteroatoms. The largest absolute Gasteiger partial charge is 0.486 e. The third kappa shape index (κ3) is 2.68. The number of hydrogen-bond donors (Lipinski definition) is 1. The molecule has 0 saturated heterocycles. The highest BCUT2D eigenvalue weighted by molar-refractivity contribution is 5.42. The number of ether oxygens (including phenoxy) is 1. The molecule has 0 fully saturated rings. The molecule has 2 unspecified atom stereocenters. The maximum absolute atomic E-state index is 6.10. The molecule has 0 aliphatic carbocycles. The molecule has 1 heterocycles. The number of hydrogen-bond acceptors (Lipinski definition) is 2. The summed E-state index contributed by atoms with van der Waals surface area (Å²) < 4.78 is 6.10. The number of nitrogens with one attached hydrogen (secondary N) is 1. The molecule has 21 heavy (non-hydrogen) atoms. The Kier molecular flexibility index (Phi) is 3.50. The van der Waals surface area contributed by atoms with Crippen molar-refractivity contribution in [1.82, 2.24) is 5.32 Å². The Balaban J connectivity index is 1.85. The van der Waals surface area contributed by atoms with Crippen LogP contribution in [0.15, 0.2) is 48.5 Å². The van der Waals surface area contributed by atoms with Crippen molar-refractivity contribution < 1.29 is 4.74 Å². The van der Waals surface area contributed by atoms with E-state index in [1.165, 1.54) is 16.7 Å². The van der Waals surface area contributed by atoms with Crippen LogP contribution in [0.1, 0.15) is 49.5 Å². The Morgan fingerprint density at radius 1 is 1.05 bits per heavy atom. The molecule has 0 spiro atoms. The van der Waals surface area contributed by atoms with E-state index in [-0.39, 0.29) is 17.7 Å². The lowest BCUT2D eigenvalue weighted by atomic mass is 9.93. The van der Waals surface area contributed by atoms with Gasteiger partial charge in [0.25, 0.3) is 0 Å². The first-order valence-electron chi connectivity index (χ1n) is 7.58. The van der Waals surface area contributed by atoms with Crippen LogP contribution < -0.4 is 10.1 Å². The molecular formula is C19H23NO. The van der Waals surface area contributed by atoms with Gasteiger partial charge >= 0.3 is 0 Å². The van der Waals surface area contributed by atoms with Gasteiger partial charge in [-0.2, -0.15) is 0 Å². The fourth-order valence-electron chi connectivity index (χ4n) is 3.02. The highest BCUT2D eigenvalue weighted by Gasteiger charge is 2.41. The molecule has 1 aliphatic heterocycles. The van der Waals surface area contributed by atoms with Crippen LogP contribution in [-0.4, -0.2) is 5.60 Å². The lowest BCUT2D eigenvalue weighted by Gasteiger charge is -2.30. The van der Waals surface area contributed by atoms with E-state index in [4.69, 9.17) is 4.74 Å². The first-order chi connectivity index (χ1) is 9.97. The van der Waals surface area contributed by atoms with Crippen molar-refractivity contribution in [3.8, 4) is 5.75 Å². The zero-order chi connectivity index (χ0) is 15.0. The second kappa shape index (κ2) is 5.19. The second-order valence-electron chi connectivity index (χ2n) is 6.48. The van der Waals surface area contributed by atoms with Crippen LogP contribution in [0.4, 0.5) is 0 Å². The lowest BCUT2D eigenvalue weighted by Crippen LogP contribution is -2.40. The van der Waals surface area contributed by atoms with Crippen molar-refractivity contribution >= 4 is 0 Å². The van der Waals surface area contributed by atoms with Gasteiger partial charge in [0, 0.05) is 11.6 Å². The number of para-hydroxylation sites is 1. The summed E-state index contributed by atoms with van der Waals surface area (Å²) in [4.78, 5) is 0. The highest BCUT2D eigenvalue weighted by Crippen LogP contribution is 2.43. The van der Waals surface area contributed by atoms with Crippen LogP contribution >= 0.6 is 0 Å². The number of rotatable bonds is 3.